The van der Waals surface area contributed by atoms with Crippen molar-refractivity contribution in [3.05, 3.63) is 71.8 Å². The third-order valence-electron chi connectivity index (χ3n) is 4.45. The Morgan fingerprint density at radius 1 is 1.11 bits per heavy atom. The lowest BCUT2D eigenvalue weighted by atomic mass is 10.1. The van der Waals surface area contributed by atoms with Crippen LogP contribution in [0.5, 0.6) is 5.75 Å². The van der Waals surface area contributed by atoms with Gasteiger partial charge in [0.15, 0.2) is 0 Å². The van der Waals surface area contributed by atoms with Gasteiger partial charge in [-0.05, 0) is 49.6 Å². The van der Waals surface area contributed by atoms with Gasteiger partial charge >= 0.3 is 10.1 Å². The molecule has 0 unspecified atom stereocenters. The monoisotopic (exact) mass is 401 g/mol. The Balaban J connectivity index is 2.18. The van der Waals surface area contributed by atoms with Crippen LogP contribution in [0, 0.1) is 0 Å². The summed E-state index contributed by atoms with van der Waals surface area (Å²) in [5, 5.41) is 0. The van der Waals surface area contributed by atoms with Crippen molar-refractivity contribution in [3.63, 3.8) is 0 Å². The molecule has 0 heterocycles. The second-order valence-electron chi connectivity index (χ2n) is 6.54. The zero-order chi connectivity index (χ0) is 20.6. The lowest BCUT2D eigenvalue weighted by Crippen LogP contribution is -2.36. The van der Waals surface area contributed by atoms with Crippen molar-refractivity contribution in [2.45, 2.75) is 39.8 Å². The number of amides is 1. The predicted octanol–water partition coefficient (Wildman–Crippen LogP) is 4.26. The van der Waals surface area contributed by atoms with Crippen LogP contribution in [0.1, 0.15) is 38.3 Å². The molecule has 1 atom stereocenters. The van der Waals surface area contributed by atoms with E-state index in [2.05, 4.69) is 0 Å². The minimum Gasteiger partial charge on any atom is -0.382 e. The molecule has 2 aromatic rings. The first kappa shape index (κ1) is 21.7. The largest absolute Gasteiger partial charge is 0.382 e. The molecule has 150 valence electrons. The van der Waals surface area contributed by atoms with E-state index >= 15 is 0 Å². The number of rotatable bonds is 9. The standard InChI is InChI=1S/C22H27NO4S/c1-4-18(3)23(22(24)15-14-19-10-7-6-8-11-19)17-20-12-9-13-21(16-20)27-28(25,26)5-2/h6-16,18H,4-5,17H2,1-3H3/b15-14+/t18-/m0/s1. The Labute approximate surface area is 167 Å². The fourth-order valence-electron chi connectivity index (χ4n) is 2.60. The molecule has 0 aliphatic heterocycles. The van der Waals surface area contributed by atoms with Gasteiger partial charge in [0.1, 0.15) is 5.75 Å². The first-order valence-corrected chi connectivity index (χ1v) is 11.0. The summed E-state index contributed by atoms with van der Waals surface area (Å²) in [5.41, 5.74) is 1.77. The normalized spacial score (nSPS) is 12.7. The highest BCUT2D eigenvalue weighted by Gasteiger charge is 2.18. The molecule has 0 radical (unpaired) electrons. The van der Waals surface area contributed by atoms with Crippen molar-refractivity contribution in [2.24, 2.45) is 0 Å². The van der Waals surface area contributed by atoms with Crippen LogP contribution in [0.4, 0.5) is 0 Å². The molecule has 2 rings (SSSR count). The molecular weight excluding hydrogens is 374 g/mol. The molecule has 0 aliphatic rings. The fraction of sp³-hybridized carbons (Fsp3) is 0.318. The van der Waals surface area contributed by atoms with Crippen molar-refractivity contribution < 1.29 is 17.4 Å². The van der Waals surface area contributed by atoms with E-state index in [0.717, 1.165) is 17.5 Å². The topological polar surface area (TPSA) is 63.7 Å². The zero-order valence-electron chi connectivity index (χ0n) is 16.5. The van der Waals surface area contributed by atoms with E-state index < -0.39 is 10.1 Å². The average Bonchev–Trinajstić information content (AvgIpc) is 2.70. The molecule has 0 aliphatic carbocycles. The molecule has 0 aromatic heterocycles. The molecule has 0 saturated heterocycles. The van der Waals surface area contributed by atoms with Crippen molar-refractivity contribution in [1.82, 2.24) is 4.90 Å². The molecule has 1 amide bonds. The Morgan fingerprint density at radius 2 is 1.82 bits per heavy atom. The minimum atomic E-state index is -3.59. The second-order valence-corrected chi connectivity index (χ2v) is 8.40. The van der Waals surface area contributed by atoms with Gasteiger partial charge < -0.3 is 9.08 Å². The van der Waals surface area contributed by atoms with Crippen LogP contribution in [-0.4, -0.2) is 31.0 Å². The van der Waals surface area contributed by atoms with Gasteiger partial charge in [0.25, 0.3) is 0 Å². The quantitative estimate of drug-likeness (QED) is 0.465. The molecule has 2 aromatic carbocycles. The van der Waals surface area contributed by atoms with Crippen LogP contribution in [0.25, 0.3) is 6.08 Å². The molecular formula is C22H27NO4S. The molecule has 28 heavy (non-hydrogen) atoms. The maximum atomic E-state index is 12.8. The van der Waals surface area contributed by atoms with Gasteiger partial charge in [0.05, 0.1) is 5.75 Å². The maximum Gasteiger partial charge on any atom is 0.308 e. The molecule has 0 fully saturated rings. The Bertz CT molecular complexity index is 907. The number of hydrogen-bond donors (Lipinski definition) is 0. The van der Waals surface area contributed by atoms with E-state index in [-0.39, 0.29) is 23.5 Å². The highest BCUT2D eigenvalue weighted by atomic mass is 32.2. The molecule has 0 saturated carbocycles. The Morgan fingerprint density at radius 3 is 2.46 bits per heavy atom. The summed E-state index contributed by atoms with van der Waals surface area (Å²) in [6.45, 7) is 5.92. The van der Waals surface area contributed by atoms with E-state index in [1.54, 1.807) is 35.3 Å². The van der Waals surface area contributed by atoms with Gasteiger partial charge in [-0.1, -0.05) is 49.4 Å². The van der Waals surface area contributed by atoms with E-state index in [0.29, 0.717) is 6.54 Å². The van der Waals surface area contributed by atoms with Crippen molar-refractivity contribution in [3.8, 4) is 5.75 Å². The zero-order valence-corrected chi connectivity index (χ0v) is 17.4. The highest BCUT2D eigenvalue weighted by Crippen LogP contribution is 2.19. The van der Waals surface area contributed by atoms with Gasteiger partial charge in [0.2, 0.25) is 5.91 Å². The molecule has 6 heteroatoms. The minimum absolute atomic E-state index is 0.0388. The highest BCUT2D eigenvalue weighted by molar-refractivity contribution is 7.87. The second kappa shape index (κ2) is 10.1. The first-order valence-electron chi connectivity index (χ1n) is 9.39. The van der Waals surface area contributed by atoms with Crippen LogP contribution in [0.15, 0.2) is 60.7 Å². The van der Waals surface area contributed by atoms with Gasteiger partial charge in [-0.3, -0.25) is 4.79 Å². The number of carbonyl (C=O) groups is 1. The smallest absolute Gasteiger partial charge is 0.308 e. The average molecular weight is 402 g/mol. The predicted molar refractivity (Wildman–Crippen MR) is 112 cm³/mol. The number of carbonyl (C=O) groups excluding carboxylic acids is 1. The fourth-order valence-corrected chi connectivity index (χ4v) is 3.11. The van der Waals surface area contributed by atoms with E-state index in [4.69, 9.17) is 4.18 Å². The Kier molecular flexibility index (Phi) is 7.81. The van der Waals surface area contributed by atoms with Crippen LogP contribution in [0.2, 0.25) is 0 Å². The maximum absolute atomic E-state index is 12.8. The lowest BCUT2D eigenvalue weighted by Gasteiger charge is -2.28. The third kappa shape index (κ3) is 6.53. The van der Waals surface area contributed by atoms with Crippen LogP contribution < -0.4 is 4.18 Å². The van der Waals surface area contributed by atoms with Crippen molar-refractivity contribution >= 4 is 22.1 Å². The SMILES string of the molecule is CC[C@H](C)N(Cc1cccc(OS(=O)(=O)CC)c1)C(=O)/C=C/c1ccccc1. The summed E-state index contributed by atoms with van der Waals surface area (Å²) in [4.78, 5) is 14.6. The van der Waals surface area contributed by atoms with Crippen LogP contribution >= 0.6 is 0 Å². The van der Waals surface area contributed by atoms with E-state index in [1.807, 2.05) is 50.2 Å². The first-order chi connectivity index (χ1) is 13.3. The lowest BCUT2D eigenvalue weighted by molar-refractivity contribution is -0.128. The van der Waals surface area contributed by atoms with E-state index in [1.165, 1.54) is 6.92 Å². The summed E-state index contributed by atoms with van der Waals surface area (Å²) < 4.78 is 28.5. The number of benzene rings is 2. The summed E-state index contributed by atoms with van der Waals surface area (Å²) in [7, 11) is -3.59. The number of hydrogen-bond acceptors (Lipinski definition) is 4. The van der Waals surface area contributed by atoms with E-state index in [9.17, 15) is 13.2 Å². The molecule has 0 bridgehead atoms. The summed E-state index contributed by atoms with van der Waals surface area (Å²) in [5.74, 6) is 0.0698. The Hall–Kier alpha value is -2.60. The molecule has 0 spiro atoms. The van der Waals surface area contributed by atoms with Gasteiger partial charge in [0, 0.05) is 18.7 Å². The van der Waals surface area contributed by atoms with Crippen LogP contribution in [-0.2, 0) is 21.5 Å². The van der Waals surface area contributed by atoms with Gasteiger partial charge in [-0.2, -0.15) is 8.42 Å². The third-order valence-corrected chi connectivity index (χ3v) is 5.61. The summed E-state index contributed by atoms with van der Waals surface area (Å²) >= 11 is 0. The van der Waals surface area contributed by atoms with Crippen LogP contribution in [0.3, 0.4) is 0 Å². The molecule has 0 N–H and O–H groups in total. The van der Waals surface area contributed by atoms with Crippen molar-refractivity contribution in [1.29, 1.82) is 0 Å². The van der Waals surface area contributed by atoms with Crippen molar-refractivity contribution in [2.75, 3.05) is 5.75 Å². The summed E-state index contributed by atoms with van der Waals surface area (Å²) in [6, 6.07) is 16.5. The summed E-state index contributed by atoms with van der Waals surface area (Å²) in [6.07, 6.45) is 4.18. The molecule has 5 nitrogen and oxygen atoms in total. The number of nitrogens with zero attached hydrogens (tertiary/aromatic N) is 1. The van der Waals surface area contributed by atoms with Gasteiger partial charge in [-0.15, -0.1) is 0 Å². The van der Waals surface area contributed by atoms with Gasteiger partial charge in [-0.25, -0.2) is 0 Å².